The monoisotopic (exact) mass is 202 g/mol. The predicted molar refractivity (Wildman–Crippen MR) is 49.4 cm³/mol. The third-order valence-corrected chi connectivity index (χ3v) is 1.24. The zero-order valence-electron chi connectivity index (χ0n) is 8.25. The van der Waals surface area contributed by atoms with Crippen LogP contribution in [-0.4, -0.2) is 38.0 Å². The van der Waals surface area contributed by atoms with Gasteiger partial charge in [-0.05, 0) is 6.92 Å². The SMILES string of the molecule is CCOC(=O)CC(=N)COC(=O)NC. The van der Waals surface area contributed by atoms with Gasteiger partial charge in [-0.2, -0.15) is 0 Å². The molecule has 0 aromatic carbocycles. The summed E-state index contributed by atoms with van der Waals surface area (Å²) in [5.41, 5.74) is 0.00653. The third kappa shape index (κ3) is 5.99. The number of alkyl carbamates (subject to hydrolysis) is 1. The second-order valence-corrected chi connectivity index (χ2v) is 2.41. The van der Waals surface area contributed by atoms with E-state index in [4.69, 9.17) is 5.41 Å². The Kier molecular flexibility index (Phi) is 6.09. The van der Waals surface area contributed by atoms with Crippen LogP contribution in [0.1, 0.15) is 13.3 Å². The molecule has 0 spiro atoms. The van der Waals surface area contributed by atoms with Crippen molar-refractivity contribution in [2.24, 2.45) is 0 Å². The van der Waals surface area contributed by atoms with Crippen molar-refractivity contribution >= 4 is 17.8 Å². The van der Waals surface area contributed by atoms with Crippen LogP contribution >= 0.6 is 0 Å². The lowest BCUT2D eigenvalue weighted by atomic mass is 10.3. The molecule has 0 aliphatic carbocycles. The highest BCUT2D eigenvalue weighted by Crippen LogP contribution is 1.90. The predicted octanol–water partition coefficient (Wildman–Crippen LogP) is 0.315. The molecular formula is C8H14N2O4. The Balaban J connectivity index is 3.65. The van der Waals surface area contributed by atoms with E-state index in [1.165, 1.54) is 7.05 Å². The molecule has 6 heteroatoms. The standard InChI is InChI=1S/C8H14N2O4/c1-3-13-7(11)4-6(9)5-14-8(12)10-2/h9H,3-5H2,1-2H3,(H,10,12). The van der Waals surface area contributed by atoms with Gasteiger partial charge in [-0.1, -0.05) is 0 Å². The molecule has 6 nitrogen and oxygen atoms in total. The average molecular weight is 202 g/mol. The van der Waals surface area contributed by atoms with Crippen LogP contribution < -0.4 is 5.32 Å². The molecule has 80 valence electrons. The Morgan fingerprint density at radius 3 is 2.50 bits per heavy atom. The fraction of sp³-hybridized carbons (Fsp3) is 0.625. The minimum atomic E-state index is -0.626. The Morgan fingerprint density at radius 2 is 2.00 bits per heavy atom. The van der Waals surface area contributed by atoms with E-state index in [1.807, 2.05) is 0 Å². The molecule has 0 fully saturated rings. The van der Waals surface area contributed by atoms with Crippen molar-refractivity contribution in [1.82, 2.24) is 5.32 Å². The highest BCUT2D eigenvalue weighted by molar-refractivity contribution is 5.98. The van der Waals surface area contributed by atoms with Gasteiger partial charge in [0.05, 0.1) is 18.7 Å². The second-order valence-electron chi connectivity index (χ2n) is 2.41. The van der Waals surface area contributed by atoms with Gasteiger partial charge in [0.1, 0.15) is 6.61 Å². The van der Waals surface area contributed by atoms with Gasteiger partial charge in [-0.15, -0.1) is 0 Å². The van der Waals surface area contributed by atoms with E-state index in [1.54, 1.807) is 6.92 Å². The van der Waals surface area contributed by atoms with Crippen molar-refractivity contribution in [3.63, 3.8) is 0 Å². The first-order valence-corrected chi connectivity index (χ1v) is 4.16. The Labute approximate surface area is 82.1 Å². The first-order chi connectivity index (χ1) is 6.60. The Morgan fingerprint density at radius 1 is 1.36 bits per heavy atom. The van der Waals surface area contributed by atoms with Crippen molar-refractivity contribution in [2.75, 3.05) is 20.3 Å². The maximum absolute atomic E-state index is 10.8. The summed E-state index contributed by atoms with van der Waals surface area (Å²) in [4.78, 5) is 21.4. The van der Waals surface area contributed by atoms with Crippen LogP contribution in [0.2, 0.25) is 0 Å². The van der Waals surface area contributed by atoms with E-state index in [0.717, 1.165) is 0 Å². The largest absolute Gasteiger partial charge is 0.466 e. The summed E-state index contributed by atoms with van der Waals surface area (Å²) in [6, 6.07) is 0. The molecule has 0 saturated heterocycles. The number of amides is 1. The number of carbonyl (C=O) groups is 2. The summed E-state index contributed by atoms with van der Waals surface area (Å²) in [6.07, 6.45) is -0.774. The fourth-order valence-electron chi connectivity index (χ4n) is 0.662. The quantitative estimate of drug-likeness (QED) is 0.496. The van der Waals surface area contributed by atoms with Crippen LogP contribution in [0.3, 0.4) is 0 Å². The average Bonchev–Trinajstić information content (AvgIpc) is 2.14. The normalized spacial score (nSPS) is 9.00. The summed E-state index contributed by atoms with van der Waals surface area (Å²) in [5, 5.41) is 9.48. The van der Waals surface area contributed by atoms with Gasteiger partial charge >= 0.3 is 12.1 Å². The summed E-state index contributed by atoms with van der Waals surface area (Å²) in [7, 11) is 1.41. The van der Waals surface area contributed by atoms with E-state index >= 15 is 0 Å². The number of rotatable bonds is 5. The number of nitrogens with one attached hydrogen (secondary N) is 2. The number of hydrogen-bond acceptors (Lipinski definition) is 5. The van der Waals surface area contributed by atoms with Crippen LogP contribution in [0.25, 0.3) is 0 Å². The topological polar surface area (TPSA) is 88.5 Å². The van der Waals surface area contributed by atoms with Gasteiger partial charge in [0.15, 0.2) is 0 Å². The number of ether oxygens (including phenoxy) is 2. The van der Waals surface area contributed by atoms with Crippen LogP contribution in [0.5, 0.6) is 0 Å². The molecule has 1 amide bonds. The summed E-state index contributed by atoms with van der Waals surface area (Å²) >= 11 is 0. The minimum absolute atomic E-state index is 0.00653. The van der Waals surface area contributed by atoms with Crippen LogP contribution in [0.15, 0.2) is 0 Å². The molecule has 0 atom stereocenters. The maximum atomic E-state index is 10.8. The molecule has 0 saturated carbocycles. The highest BCUT2D eigenvalue weighted by Gasteiger charge is 2.08. The van der Waals surface area contributed by atoms with Crippen LogP contribution in [-0.2, 0) is 14.3 Å². The van der Waals surface area contributed by atoms with Crippen molar-refractivity contribution in [3.05, 3.63) is 0 Å². The van der Waals surface area contributed by atoms with Crippen LogP contribution in [0.4, 0.5) is 4.79 Å². The van der Waals surface area contributed by atoms with E-state index in [-0.39, 0.29) is 25.3 Å². The van der Waals surface area contributed by atoms with Gasteiger partial charge < -0.3 is 20.2 Å². The van der Waals surface area contributed by atoms with Gasteiger partial charge in [0.2, 0.25) is 0 Å². The van der Waals surface area contributed by atoms with E-state index in [0.29, 0.717) is 0 Å². The van der Waals surface area contributed by atoms with Gasteiger partial charge in [-0.25, -0.2) is 4.79 Å². The summed E-state index contributed by atoms with van der Waals surface area (Å²) in [6.45, 7) is 1.77. The third-order valence-electron chi connectivity index (χ3n) is 1.24. The smallest absolute Gasteiger partial charge is 0.407 e. The molecule has 0 aliphatic heterocycles. The Bertz CT molecular complexity index is 227. The lowest BCUT2D eigenvalue weighted by molar-refractivity contribution is -0.141. The van der Waals surface area contributed by atoms with E-state index in [2.05, 4.69) is 14.8 Å². The maximum Gasteiger partial charge on any atom is 0.407 e. The molecule has 0 aliphatic rings. The summed E-state index contributed by atoms with van der Waals surface area (Å²) < 4.78 is 9.16. The highest BCUT2D eigenvalue weighted by atomic mass is 16.5. The molecule has 14 heavy (non-hydrogen) atoms. The minimum Gasteiger partial charge on any atom is -0.466 e. The Hall–Kier alpha value is -1.59. The molecule has 0 bridgehead atoms. The first-order valence-electron chi connectivity index (χ1n) is 4.16. The van der Waals surface area contributed by atoms with Crippen molar-refractivity contribution in [2.45, 2.75) is 13.3 Å². The molecule has 0 radical (unpaired) electrons. The zero-order valence-corrected chi connectivity index (χ0v) is 8.25. The van der Waals surface area contributed by atoms with Gasteiger partial charge in [0.25, 0.3) is 0 Å². The fourth-order valence-corrected chi connectivity index (χ4v) is 0.662. The lowest BCUT2D eigenvalue weighted by Crippen LogP contribution is -2.23. The van der Waals surface area contributed by atoms with Crippen molar-refractivity contribution in [3.8, 4) is 0 Å². The van der Waals surface area contributed by atoms with Crippen molar-refractivity contribution in [1.29, 1.82) is 5.41 Å². The zero-order chi connectivity index (χ0) is 11.0. The molecular weight excluding hydrogens is 188 g/mol. The molecule has 0 unspecified atom stereocenters. The molecule has 2 N–H and O–H groups in total. The molecule has 0 aromatic rings. The van der Waals surface area contributed by atoms with Gasteiger partial charge in [-0.3, -0.25) is 4.79 Å². The number of esters is 1. The van der Waals surface area contributed by atoms with Crippen molar-refractivity contribution < 1.29 is 19.1 Å². The second kappa shape index (κ2) is 6.88. The molecule has 0 heterocycles. The van der Waals surface area contributed by atoms with E-state index < -0.39 is 12.1 Å². The molecule has 0 aromatic heterocycles. The lowest BCUT2D eigenvalue weighted by Gasteiger charge is -2.05. The van der Waals surface area contributed by atoms with E-state index in [9.17, 15) is 9.59 Å². The summed E-state index contributed by atoms with van der Waals surface area (Å²) in [5.74, 6) is -0.488. The number of carbonyl (C=O) groups excluding carboxylic acids is 2. The molecule has 0 rings (SSSR count). The van der Waals surface area contributed by atoms with Crippen LogP contribution in [0, 0.1) is 5.41 Å². The first kappa shape index (κ1) is 12.4. The van der Waals surface area contributed by atoms with Gasteiger partial charge in [0, 0.05) is 7.05 Å². The number of hydrogen-bond donors (Lipinski definition) is 2.